The predicted octanol–water partition coefficient (Wildman–Crippen LogP) is 5.09. The van der Waals surface area contributed by atoms with Gasteiger partial charge in [0.2, 0.25) is 17.7 Å². The smallest absolute Gasteiger partial charge is 0.416 e. The van der Waals surface area contributed by atoms with Gasteiger partial charge in [0.1, 0.15) is 17.7 Å². The standard InChI is InChI=1S/C41H45F3N8O7/c1-21(23-14-24(41(42,43)44)16-25(45)15-23)47-36-27-17-32(31(58-4)18-29(27)48-22(2)49-36)59-20-40(11-12-40)19-51(3)34(54)10-13-46-28-7-5-6-26-35(28)39(57)52(38(26)56)30-8-9-33(53)50-37(30)55/h5-7,14-18,21,30,38,46,56H,8-13,19-20,45H2,1-4H3,(H,47,48,49)(H,50,53,55)/t21-,30?,38?/m1/s1. The van der Waals surface area contributed by atoms with Gasteiger partial charge in [-0.25, -0.2) is 9.97 Å². The van der Waals surface area contributed by atoms with Gasteiger partial charge >= 0.3 is 6.18 Å². The number of aryl methyl sites for hydroxylation is 1. The number of aliphatic hydroxyl groups excluding tert-OH is 1. The molecular formula is C41H45F3N8O7. The molecule has 1 aliphatic carbocycles. The minimum Gasteiger partial charge on any atom is -0.493 e. The van der Waals surface area contributed by atoms with Crippen LogP contribution in [0.15, 0.2) is 48.5 Å². The highest BCUT2D eigenvalue weighted by atomic mass is 19.4. The SMILES string of the molecule is COc1cc2nc(C)nc(N[C@H](C)c3cc(N)cc(C(F)(F)F)c3)c2cc1OCC1(CN(C)C(=O)CCNc2cccc3c2C(=O)N(C2CCC(=O)NC2=O)C3O)CC1. The number of aliphatic hydroxyl groups is 1. The van der Waals surface area contributed by atoms with E-state index in [0.717, 1.165) is 29.9 Å². The van der Waals surface area contributed by atoms with Crippen LogP contribution in [0.3, 0.4) is 0 Å². The van der Waals surface area contributed by atoms with E-state index in [2.05, 4.69) is 25.9 Å². The van der Waals surface area contributed by atoms with Crippen LogP contribution in [0, 0.1) is 12.3 Å². The summed E-state index contributed by atoms with van der Waals surface area (Å²) >= 11 is 0. The van der Waals surface area contributed by atoms with Gasteiger partial charge in [-0.3, -0.25) is 29.4 Å². The van der Waals surface area contributed by atoms with Crippen LogP contribution < -0.4 is 31.2 Å². The highest BCUT2D eigenvalue weighted by Crippen LogP contribution is 2.48. The number of halogens is 3. The van der Waals surface area contributed by atoms with Crippen molar-refractivity contribution in [1.82, 2.24) is 25.1 Å². The van der Waals surface area contributed by atoms with Gasteiger partial charge in [0.15, 0.2) is 17.7 Å². The van der Waals surface area contributed by atoms with E-state index in [9.17, 15) is 37.5 Å². The van der Waals surface area contributed by atoms with E-state index in [1.54, 1.807) is 56.1 Å². The Bertz CT molecular complexity index is 2340. The molecule has 3 aliphatic rings. The number of benzene rings is 3. The largest absolute Gasteiger partial charge is 0.493 e. The number of nitrogens with zero attached hydrogens (tertiary/aromatic N) is 4. The van der Waals surface area contributed by atoms with Crippen molar-refractivity contribution in [3.05, 3.63) is 76.6 Å². The number of nitrogens with one attached hydrogen (secondary N) is 3. The Kier molecular flexibility index (Phi) is 11.0. The van der Waals surface area contributed by atoms with Crippen LogP contribution in [-0.4, -0.2) is 88.4 Å². The van der Waals surface area contributed by atoms with Crippen LogP contribution >= 0.6 is 0 Å². The van der Waals surface area contributed by atoms with Crippen molar-refractivity contribution in [1.29, 1.82) is 0 Å². The summed E-state index contributed by atoms with van der Waals surface area (Å²) in [5, 5.41) is 20.1. The van der Waals surface area contributed by atoms with Gasteiger partial charge in [0, 0.05) is 66.8 Å². The molecule has 15 nitrogen and oxygen atoms in total. The Balaban J connectivity index is 0.982. The van der Waals surface area contributed by atoms with Crippen LogP contribution in [0.2, 0.25) is 0 Å². The maximum atomic E-state index is 13.5. The molecule has 18 heteroatoms. The molecule has 2 aliphatic heterocycles. The summed E-state index contributed by atoms with van der Waals surface area (Å²) in [6, 6.07) is 10.2. The lowest BCUT2D eigenvalue weighted by atomic mass is 10.0. The first-order valence-corrected chi connectivity index (χ1v) is 19.2. The number of alkyl halides is 3. The van der Waals surface area contributed by atoms with Gasteiger partial charge in [-0.05, 0) is 69.0 Å². The monoisotopic (exact) mass is 818 g/mol. The Morgan fingerprint density at radius 1 is 1.14 bits per heavy atom. The lowest BCUT2D eigenvalue weighted by Crippen LogP contribution is -2.53. The van der Waals surface area contributed by atoms with Gasteiger partial charge in [0.25, 0.3) is 5.91 Å². The number of rotatable bonds is 14. The Morgan fingerprint density at radius 2 is 1.90 bits per heavy atom. The molecule has 0 bridgehead atoms. The zero-order valence-electron chi connectivity index (χ0n) is 32.9. The molecule has 1 saturated carbocycles. The number of fused-ring (bicyclic) bond motifs is 2. The molecule has 2 unspecified atom stereocenters. The Hall–Kier alpha value is -6.17. The first-order chi connectivity index (χ1) is 28.0. The van der Waals surface area contributed by atoms with Gasteiger partial charge in [-0.1, -0.05) is 12.1 Å². The molecule has 4 aromatic rings. The van der Waals surface area contributed by atoms with Gasteiger partial charge in [-0.2, -0.15) is 13.2 Å². The zero-order valence-corrected chi connectivity index (χ0v) is 32.9. The molecule has 3 heterocycles. The molecule has 3 aromatic carbocycles. The molecule has 59 heavy (non-hydrogen) atoms. The molecule has 312 valence electrons. The van der Waals surface area contributed by atoms with Crippen LogP contribution in [0.1, 0.15) is 84.2 Å². The second kappa shape index (κ2) is 15.9. The minimum absolute atomic E-state index is 0.0125. The number of aromatic nitrogens is 2. The maximum absolute atomic E-state index is 13.5. The van der Waals surface area contributed by atoms with Crippen LogP contribution in [0.25, 0.3) is 10.9 Å². The fourth-order valence-electron chi connectivity index (χ4n) is 7.68. The third-order valence-electron chi connectivity index (χ3n) is 11.0. The number of nitrogens with two attached hydrogens (primary N) is 1. The fourth-order valence-corrected chi connectivity index (χ4v) is 7.68. The highest BCUT2D eigenvalue weighted by molar-refractivity contribution is 6.08. The van der Waals surface area contributed by atoms with Gasteiger partial charge in [0.05, 0.1) is 36.4 Å². The molecular weight excluding hydrogens is 773 g/mol. The summed E-state index contributed by atoms with van der Waals surface area (Å²) in [4.78, 5) is 62.8. The molecule has 6 N–H and O–H groups in total. The minimum atomic E-state index is -4.56. The number of anilines is 3. The zero-order chi connectivity index (χ0) is 42.4. The topological polar surface area (TPSA) is 201 Å². The van der Waals surface area contributed by atoms with Crippen molar-refractivity contribution in [2.24, 2.45) is 5.41 Å². The number of amides is 4. The summed E-state index contributed by atoms with van der Waals surface area (Å²) in [5.74, 6) is -0.108. The first kappa shape index (κ1) is 41.0. The summed E-state index contributed by atoms with van der Waals surface area (Å²) in [7, 11) is 3.22. The molecule has 7 rings (SSSR count). The van der Waals surface area contributed by atoms with Crippen LogP contribution in [-0.2, 0) is 20.6 Å². The van der Waals surface area contributed by atoms with E-state index >= 15 is 0 Å². The van der Waals surface area contributed by atoms with E-state index in [1.807, 2.05) is 0 Å². The number of ether oxygens (including phenoxy) is 2. The number of piperidine rings is 1. The molecule has 3 atom stereocenters. The summed E-state index contributed by atoms with van der Waals surface area (Å²) in [6.45, 7) is 4.29. The molecule has 0 spiro atoms. The number of hydrogen-bond donors (Lipinski definition) is 5. The van der Waals surface area contributed by atoms with E-state index in [4.69, 9.17) is 15.2 Å². The average molecular weight is 819 g/mol. The number of methoxy groups -OCH3 is 1. The lowest BCUT2D eigenvalue weighted by molar-refractivity contribution is -0.140. The van der Waals surface area contributed by atoms with Crippen molar-refractivity contribution in [3.63, 3.8) is 0 Å². The number of carbonyl (C=O) groups excluding carboxylic acids is 4. The molecule has 0 radical (unpaired) electrons. The van der Waals surface area contributed by atoms with Crippen LogP contribution in [0.5, 0.6) is 11.5 Å². The number of hydrogen-bond acceptors (Lipinski definition) is 12. The third kappa shape index (κ3) is 8.53. The average Bonchev–Trinajstić information content (AvgIpc) is 3.90. The van der Waals surface area contributed by atoms with E-state index in [0.29, 0.717) is 57.4 Å². The van der Waals surface area contributed by atoms with Crippen molar-refractivity contribution in [2.45, 2.75) is 70.4 Å². The maximum Gasteiger partial charge on any atom is 0.416 e. The lowest BCUT2D eigenvalue weighted by Gasteiger charge is -2.31. The van der Waals surface area contributed by atoms with Crippen molar-refractivity contribution < 1.29 is 46.9 Å². The first-order valence-electron chi connectivity index (χ1n) is 19.2. The molecule has 1 aromatic heterocycles. The van der Waals surface area contributed by atoms with Gasteiger partial charge < -0.3 is 35.8 Å². The second-order valence-corrected chi connectivity index (χ2v) is 15.4. The Labute approximate surface area is 337 Å². The van der Waals surface area contributed by atoms with Gasteiger partial charge in [-0.15, -0.1) is 0 Å². The van der Waals surface area contributed by atoms with E-state index in [1.165, 1.54) is 13.2 Å². The number of carbonyl (C=O) groups is 4. The quantitative estimate of drug-likeness (QED) is 0.0835. The molecule has 1 saturated heterocycles. The predicted molar refractivity (Wildman–Crippen MR) is 210 cm³/mol. The number of nitrogen functional groups attached to an aromatic ring is 1. The number of imide groups is 1. The normalized spacial score (nSPS) is 18.9. The summed E-state index contributed by atoms with van der Waals surface area (Å²) in [6.07, 6.45) is -4.04. The highest BCUT2D eigenvalue weighted by Gasteiger charge is 2.46. The van der Waals surface area contributed by atoms with Crippen molar-refractivity contribution >= 4 is 51.7 Å². The third-order valence-corrected chi connectivity index (χ3v) is 11.0. The van der Waals surface area contributed by atoms with Crippen molar-refractivity contribution in [2.75, 3.05) is 50.2 Å². The van der Waals surface area contributed by atoms with Crippen molar-refractivity contribution in [3.8, 4) is 11.5 Å². The Morgan fingerprint density at radius 3 is 2.59 bits per heavy atom. The molecule has 2 fully saturated rings. The van der Waals surface area contributed by atoms with Crippen LogP contribution in [0.4, 0.5) is 30.4 Å². The molecule has 4 amide bonds. The second-order valence-electron chi connectivity index (χ2n) is 15.4. The summed E-state index contributed by atoms with van der Waals surface area (Å²) < 4.78 is 52.6. The summed E-state index contributed by atoms with van der Waals surface area (Å²) in [5.41, 5.74) is 6.47. The van der Waals surface area contributed by atoms with E-state index < -0.39 is 47.8 Å². The van der Waals surface area contributed by atoms with E-state index in [-0.39, 0.29) is 55.0 Å². The fraction of sp³-hybridized carbons (Fsp3) is 0.415.